The summed E-state index contributed by atoms with van der Waals surface area (Å²) >= 11 is 4.70. The van der Waals surface area contributed by atoms with Crippen LogP contribution in [0.25, 0.3) is 21.5 Å². The molecule has 0 saturated carbocycles. The Morgan fingerprint density at radius 3 is 2.67 bits per heavy atom. The summed E-state index contributed by atoms with van der Waals surface area (Å²) in [5.41, 5.74) is 3.04. The standard InChI is InChI=1S/C20H17N3OS3/c1-23(11-18-21-15-9-5-6-10-17(15)27-18)19(24)13-26-20-22-16(12-25-20)14-7-3-2-4-8-14/h2-10,12H,11,13H2,1H3. The number of carbonyl (C=O) groups excluding carboxylic acids is 1. The highest BCUT2D eigenvalue weighted by atomic mass is 32.2. The van der Waals surface area contributed by atoms with Crippen LogP contribution in [0.1, 0.15) is 5.01 Å². The van der Waals surface area contributed by atoms with Gasteiger partial charge in [-0.2, -0.15) is 0 Å². The molecule has 7 heteroatoms. The number of aromatic nitrogens is 2. The predicted octanol–water partition coefficient (Wildman–Crippen LogP) is 5.17. The molecule has 0 aliphatic carbocycles. The van der Waals surface area contributed by atoms with Crippen molar-refractivity contribution >= 4 is 50.6 Å². The molecule has 2 aromatic heterocycles. The summed E-state index contributed by atoms with van der Waals surface area (Å²) in [6.45, 7) is 0.534. The van der Waals surface area contributed by atoms with Gasteiger partial charge in [-0.05, 0) is 12.1 Å². The summed E-state index contributed by atoms with van der Waals surface area (Å²) in [7, 11) is 1.83. The molecule has 0 saturated heterocycles. The Morgan fingerprint density at radius 2 is 1.85 bits per heavy atom. The molecule has 0 unspecified atom stereocenters. The molecule has 136 valence electrons. The zero-order valence-corrected chi connectivity index (χ0v) is 17.1. The number of amides is 1. The summed E-state index contributed by atoms with van der Waals surface area (Å²) in [6.07, 6.45) is 0. The summed E-state index contributed by atoms with van der Waals surface area (Å²) in [6, 6.07) is 18.1. The van der Waals surface area contributed by atoms with E-state index in [9.17, 15) is 4.79 Å². The fourth-order valence-corrected chi connectivity index (χ4v) is 5.37. The highest BCUT2D eigenvalue weighted by molar-refractivity contribution is 8.01. The minimum Gasteiger partial charge on any atom is -0.338 e. The summed E-state index contributed by atoms with van der Waals surface area (Å²) in [5.74, 6) is 0.457. The van der Waals surface area contributed by atoms with Crippen molar-refractivity contribution < 1.29 is 4.79 Å². The first kappa shape index (κ1) is 18.2. The van der Waals surface area contributed by atoms with E-state index in [4.69, 9.17) is 0 Å². The van der Waals surface area contributed by atoms with Crippen LogP contribution >= 0.6 is 34.4 Å². The molecule has 0 spiro atoms. The molecule has 0 radical (unpaired) electrons. The fraction of sp³-hybridized carbons (Fsp3) is 0.150. The number of hydrogen-bond donors (Lipinski definition) is 0. The monoisotopic (exact) mass is 411 g/mol. The Morgan fingerprint density at radius 1 is 1.07 bits per heavy atom. The maximum absolute atomic E-state index is 12.5. The van der Waals surface area contributed by atoms with Gasteiger partial charge in [0.2, 0.25) is 5.91 Å². The first-order valence-electron chi connectivity index (χ1n) is 8.41. The Balaban J connectivity index is 1.34. The van der Waals surface area contributed by atoms with Gasteiger partial charge in [0.1, 0.15) is 5.01 Å². The number of thioether (sulfide) groups is 1. The van der Waals surface area contributed by atoms with E-state index in [1.54, 1.807) is 27.6 Å². The molecular formula is C20H17N3OS3. The van der Waals surface area contributed by atoms with Gasteiger partial charge in [0, 0.05) is 18.0 Å². The summed E-state index contributed by atoms with van der Waals surface area (Å²) in [4.78, 5) is 23.4. The van der Waals surface area contributed by atoms with Gasteiger partial charge in [0.25, 0.3) is 0 Å². The van der Waals surface area contributed by atoms with Gasteiger partial charge in [0.05, 0.1) is 28.2 Å². The minimum absolute atomic E-state index is 0.0794. The second kappa shape index (κ2) is 8.21. The third-order valence-corrected chi connectivity index (χ3v) is 7.04. The zero-order chi connectivity index (χ0) is 18.6. The number of carbonyl (C=O) groups is 1. The largest absolute Gasteiger partial charge is 0.338 e. The van der Waals surface area contributed by atoms with Crippen LogP contribution < -0.4 is 0 Å². The molecular weight excluding hydrogens is 394 g/mol. The molecule has 0 bridgehead atoms. The van der Waals surface area contributed by atoms with E-state index in [1.165, 1.54) is 11.8 Å². The molecule has 0 N–H and O–H groups in total. The molecule has 1 amide bonds. The molecule has 27 heavy (non-hydrogen) atoms. The van der Waals surface area contributed by atoms with Gasteiger partial charge in [-0.25, -0.2) is 9.97 Å². The van der Waals surface area contributed by atoms with Crippen molar-refractivity contribution in [3.63, 3.8) is 0 Å². The molecule has 4 aromatic rings. The lowest BCUT2D eigenvalue weighted by molar-refractivity contribution is -0.127. The van der Waals surface area contributed by atoms with Gasteiger partial charge >= 0.3 is 0 Å². The van der Waals surface area contributed by atoms with Crippen LogP contribution in [0.5, 0.6) is 0 Å². The summed E-state index contributed by atoms with van der Waals surface area (Å²) in [5, 5.41) is 2.99. The third-order valence-electron chi connectivity index (χ3n) is 4.01. The number of para-hydroxylation sites is 1. The van der Waals surface area contributed by atoms with Gasteiger partial charge < -0.3 is 4.90 Å². The lowest BCUT2D eigenvalue weighted by Gasteiger charge is -2.14. The maximum atomic E-state index is 12.5. The van der Waals surface area contributed by atoms with Crippen LogP contribution in [0.15, 0.2) is 64.3 Å². The average Bonchev–Trinajstić information content (AvgIpc) is 3.33. The van der Waals surface area contributed by atoms with E-state index < -0.39 is 0 Å². The number of fused-ring (bicyclic) bond motifs is 1. The lowest BCUT2D eigenvalue weighted by Crippen LogP contribution is -2.27. The normalized spacial score (nSPS) is 11.0. The zero-order valence-electron chi connectivity index (χ0n) is 14.7. The van der Waals surface area contributed by atoms with E-state index >= 15 is 0 Å². The highest BCUT2D eigenvalue weighted by Crippen LogP contribution is 2.28. The highest BCUT2D eigenvalue weighted by Gasteiger charge is 2.14. The van der Waals surface area contributed by atoms with Crippen molar-refractivity contribution in [3.8, 4) is 11.3 Å². The number of benzene rings is 2. The van der Waals surface area contributed by atoms with Crippen LogP contribution in [0.3, 0.4) is 0 Å². The SMILES string of the molecule is CN(Cc1nc2ccccc2s1)C(=O)CSc1nc(-c2ccccc2)cs1. The number of rotatable bonds is 6. The molecule has 4 nitrogen and oxygen atoms in total. The van der Waals surface area contributed by atoms with Crippen LogP contribution in [-0.2, 0) is 11.3 Å². The quantitative estimate of drug-likeness (QED) is 0.411. The molecule has 0 atom stereocenters. The fourth-order valence-electron chi connectivity index (χ4n) is 2.58. The van der Waals surface area contributed by atoms with E-state index in [0.717, 1.165) is 30.8 Å². The molecule has 0 aliphatic heterocycles. The second-order valence-corrected chi connectivity index (χ2v) is 9.17. The number of hydrogen-bond acceptors (Lipinski definition) is 6. The smallest absolute Gasteiger partial charge is 0.233 e. The third kappa shape index (κ3) is 4.37. The maximum Gasteiger partial charge on any atom is 0.233 e. The minimum atomic E-state index is 0.0794. The first-order chi connectivity index (χ1) is 13.2. The van der Waals surface area contributed by atoms with Gasteiger partial charge in [-0.15, -0.1) is 22.7 Å². The number of nitrogens with zero attached hydrogens (tertiary/aromatic N) is 3. The first-order valence-corrected chi connectivity index (χ1v) is 11.1. The Kier molecular flexibility index (Phi) is 5.52. The summed E-state index contributed by atoms with van der Waals surface area (Å²) < 4.78 is 2.06. The second-order valence-electron chi connectivity index (χ2n) is 5.98. The molecule has 0 aliphatic rings. The van der Waals surface area contributed by atoms with Crippen molar-refractivity contribution in [3.05, 3.63) is 65.0 Å². The Bertz CT molecular complexity index is 1030. The van der Waals surface area contributed by atoms with Crippen LogP contribution in [0, 0.1) is 0 Å². The molecule has 0 fully saturated rings. The van der Waals surface area contributed by atoms with E-state index in [2.05, 4.69) is 16.0 Å². The molecule has 2 aromatic carbocycles. The Hall–Kier alpha value is -2.22. The van der Waals surface area contributed by atoms with E-state index in [-0.39, 0.29) is 5.91 Å². The van der Waals surface area contributed by atoms with E-state index in [1.807, 2.05) is 61.0 Å². The van der Waals surface area contributed by atoms with E-state index in [0.29, 0.717) is 12.3 Å². The van der Waals surface area contributed by atoms with Crippen molar-refractivity contribution in [1.82, 2.24) is 14.9 Å². The van der Waals surface area contributed by atoms with Crippen LogP contribution in [0.2, 0.25) is 0 Å². The molecule has 4 rings (SSSR count). The van der Waals surface area contributed by atoms with Crippen LogP contribution in [0.4, 0.5) is 0 Å². The number of thiazole rings is 2. The Labute approximate surface area is 169 Å². The lowest BCUT2D eigenvalue weighted by atomic mass is 10.2. The molecule has 2 heterocycles. The van der Waals surface area contributed by atoms with Crippen molar-refractivity contribution in [2.24, 2.45) is 0 Å². The topological polar surface area (TPSA) is 46.1 Å². The average molecular weight is 412 g/mol. The van der Waals surface area contributed by atoms with Crippen molar-refractivity contribution in [2.75, 3.05) is 12.8 Å². The van der Waals surface area contributed by atoms with Gasteiger partial charge in [-0.1, -0.05) is 54.2 Å². The van der Waals surface area contributed by atoms with Crippen LogP contribution in [-0.4, -0.2) is 33.6 Å². The van der Waals surface area contributed by atoms with Gasteiger partial charge in [0.15, 0.2) is 4.34 Å². The predicted molar refractivity (Wildman–Crippen MR) is 114 cm³/mol. The van der Waals surface area contributed by atoms with Crippen molar-refractivity contribution in [2.45, 2.75) is 10.9 Å². The van der Waals surface area contributed by atoms with Gasteiger partial charge in [-0.3, -0.25) is 4.79 Å². The van der Waals surface area contributed by atoms with Crippen molar-refractivity contribution in [1.29, 1.82) is 0 Å².